The van der Waals surface area contributed by atoms with Gasteiger partial charge in [-0.25, -0.2) is 0 Å². The van der Waals surface area contributed by atoms with Gasteiger partial charge in [0.15, 0.2) is 0 Å². The van der Waals surface area contributed by atoms with Crippen molar-refractivity contribution >= 4 is 33.5 Å². The molecule has 0 bridgehead atoms. The summed E-state index contributed by atoms with van der Waals surface area (Å²) in [7, 11) is 0. The first-order valence-corrected chi connectivity index (χ1v) is 10.6. The third-order valence-corrected chi connectivity index (χ3v) is 6.29. The fourth-order valence-electron chi connectivity index (χ4n) is 4.59. The van der Waals surface area contributed by atoms with E-state index < -0.39 is 9.85 Å². The minimum atomic E-state index is -0.652. The third-order valence-electron chi connectivity index (χ3n) is 6.29. The highest BCUT2D eigenvalue weighted by Crippen LogP contribution is 2.41. The van der Waals surface area contributed by atoms with Crippen molar-refractivity contribution in [3.8, 4) is 0 Å². The Balaban J connectivity index is 1.81. The molecule has 0 radical (unpaired) electrons. The number of anilines is 1. The normalized spacial score (nSPS) is 16.7. The van der Waals surface area contributed by atoms with E-state index in [9.17, 15) is 20.2 Å². The average Bonchev–Trinajstić information content (AvgIpc) is 2.79. The summed E-state index contributed by atoms with van der Waals surface area (Å²) < 4.78 is 0. The molecule has 0 amide bonds. The summed E-state index contributed by atoms with van der Waals surface area (Å²) in [6.07, 6.45) is 2.71. The van der Waals surface area contributed by atoms with Crippen molar-refractivity contribution in [2.75, 3.05) is 5.43 Å². The lowest BCUT2D eigenvalue weighted by atomic mass is 9.76. The quantitative estimate of drug-likeness (QED) is 0.372. The second-order valence-corrected chi connectivity index (χ2v) is 8.18. The molecule has 0 aliphatic heterocycles. The first-order valence-electron chi connectivity index (χ1n) is 10.6. The van der Waals surface area contributed by atoms with Crippen LogP contribution in [-0.2, 0) is 0 Å². The smallest absolute Gasteiger partial charge is 0.271 e. The van der Waals surface area contributed by atoms with E-state index >= 15 is 0 Å². The zero-order chi connectivity index (χ0) is 23.0. The number of hydrogen-bond donors (Lipinski definition) is 1. The van der Waals surface area contributed by atoms with Crippen LogP contribution in [0.1, 0.15) is 54.4 Å². The molecule has 8 nitrogen and oxygen atoms in total. The molecule has 4 rings (SSSR count). The standard InChI is InChI=1S/C24H24N4O4/c1-4-16-7-11-20(19-10-9-18-14(2)5-6-15(3)23(18)24(16)19)25-26-21-12-8-17(27(29)30)13-22(21)28(31)32/h5-6,8-10,12-13,16,26H,4,7,11H2,1-3H3/b25-20-/t16-/m0/s1. The summed E-state index contributed by atoms with van der Waals surface area (Å²) in [5, 5.41) is 29.5. The lowest BCUT2D eigenvalue weighted by Gasteiger charge is -2.28. The summed E-state index contributed by atoms with van der Waals surface area (Å²) in [6, 6.07) is 12.0. The fraction of sp³-hybridized carbons (Fsp3) is 0.292. The number of benzene rings is 3. The maximum absolute atomic E-state index is 11.4. The Labute approximate surface area is 185 Å². The highest BCUT2D eigenvalue weighted by molar-refractivity contribution is 6.08. The van der Waals surface area contributed by atoms with Gasteiger partial charge in [-0.05, 0) is 72.6 Å². The predicted molar refractivity (Wildman–Crippen MR) is 126 cm³/mol. The predicted octanol–water partition coefficient (Wildman–Crippen LogP) is 6.38. The number of hydrazone groups is 1. The number of nitro benzene ring substituents is 2. The van der Waals surface area contributed by atoms with E-state index in [4.69, 9.17) is 0 Å². The van der Waals surface area contributed by atoms with E-state index in [1.165, 1.54) is 39.6 Å². The van der Waals surface area contributed by atoms with E-state index in [1.807, 2.05) is 0 Å². The molecule has 1 aliphatic carbocycles. The van der Waals surface area contributed by atoms with Crippen molar-refractivity contribution < 1.29 is 9.85 Å². The molecule has 1 aliphatic rings. The van der Waals surface area contributed by atoms with E-state index in [2.05, 4.69) is 55.6 Å². The van der Waals surface area contributed by atoms with E-state index in [0.29, 0.717) is 5.92 Å². The van der Waals surface area contributed by atoms with Gasteiger partial charge in [0.2, 0.25) is 0 Å². The van der Waals surface area contributed by atoms with Crippen molar-refractivity contribution in [1.82, 2.24) is 0 Å². The number of nitrogens with zero attached hydrogens (tertiary/aromatic N) is 3. The van der Waals surface area contributed by atoms with Crippen molar-refractivity contribution in [1.29, 1.82) is 0 Å². The molecule has 0 fully saturated rings. The molecule has 8 heteroatoms. The minimum Gasteiger partial charge on any atom is -0.271 e. The molecule has 0 heterocycles. The Hall–Kier alpha value is -3.81. The average molecular weight is 432 g/mol. The topological polar surface area (TPSA) is 111 Å². The number of nitrogens with one attached hydrogen (secondary N) is 1. The third kappa shape index (κ3) is 3.68. The number of rotatable bonds is 5. The molecule has 3 aromatic rings. The first kappa shape index (κ1) is 21.4. The van der Waals surface area contributed by atoms with Crippen LogP contribution in [0.25, 0.3) is 10.8 Å². The lowest BCUT2D eigenvalue weighted by Crippen LogP contribution is -2.18. The molecule has 3 aromatic carbocycles. The van der Waals surface area contributed by atoms with E-state index in [-0.39, 0.29) is 17.1 Å². The zero-order valence-corrected chi connectivity index (χ0v) is 18.2. The molecule has 1 N–H and O–H groups in total. The van der Waals surface area contributed by atoms with Gasteiger partial charge < -0.3 is 0 Å². The highest BCUT2D eigenvalue weighted by atomic mass is 16.6. The maximum atomic E-state index is 11.4. The van der Waals surface area contributed by atoms with Gasteiger partial charge in [0, 0.05) is 11.6 Å². The Kier molecular flexibility index (Phi) is 5.61. The van der Waals surface area contributed by atoms with Gasteiger partial charge in [0.1, 0.15) is 5.69 Å². The van der Waals surface area contributed by atoms with Crippen molar-refractivity contribution in [2.24, 2.45) is 5.10 Å². The van der Waals surface area contributed by atoms with E-state index in [0.717, 1.165) is 36.6 Å². The molecule has 0 saturated heterocycles. The molecule has 0 unspecified atom stereocenters. The molecule has 1 atom stereocenters. The van der Waals surface area contributed by atoms with Gasteiger partial charge in [0.25, 0.3) is 5.69 Å². The minimum absolute atomic E-state index is 0.125. The number of non-ortho nitro benzene ring substituents is 1. The number of hydrogen-bond acceptors (Lipinski definition) is 6. The van der Waals surface area contributed by atoms with E-state index in [1.54, 1.807) is 0 Å². The Morgan fingerprint density at radius 1 is 1.03 bits per heavy atom. The second kappa shape index (κ2) is 8.37. The number of aryl methyl sites for hydroxylation is 2. The van der Waals surface area contributed by atoms with Crippen LogP contribution in [0.4, 0.5) is 17.1 Å². The Bertz CT molecular complexity index is 1280. The SMILES string of the molecule is CC[C@H]1CC/C(=N/Nc2ccc([N+](=O)[O-])cc2[N+](=O)[O-])c2ccc3c(C)ccc(C)c3c21. The van der Waals surface area contributed by atoms with Crippen molar-refractivity contribution in [3.05, 3.63) is 84.9 Å². The summed E-state index contributed by atoms with van der Waals surface area (Å²) in [4.78, 5) is 21.1. The molecule has 0 saturated carbocycles. The summed E-state index contributed by atoms with van der Waals surface area (Å²) in [5.74, 6) is 0.418. The Morgan fingerprint density at radius 3 is 2.47 bits per heavy atom. The van der Waals surface area contributed by atoms with Crippen LogP contribution in [0.3, 0.4) is 0 Å². The van der Waals surface area contributed by atoms with Gasteiger partial charge in [-0.3, -0.25) is 25.7 Å². The van der Waals surface area contributed by atoms with Gasteiger partial charge in [0.05, 0.1) is 21.6 Å². The van der Waals surface area contributed by atoms with Crippen LogP contribution >= 0.6 is 0 Å². The van der Waals surface area contributed by atoms with Crippen LogP contribution in [0.5, 0.6) is 0 Å². The molecular formula is C24H24N4O4. The number of fused-ring (bicyclic) bond motifs is 3. The molecule has 0 aromatic heterocycles. The van der Waals surface area contributed by atoms with Crippen LogP contribution < -0.4 is 5.43 Å². The monoisotopic (exact) mass is 432 g/mol. The van der Waals surface area contributed by atoms with Crippen LogP contribution in [0.2, 0.25) is 0 Å². The second-order valence-electron chi connectivity index (χ2n) is 8.18. The van der Waals surface area contributed by atoms with Gasteiger partial charge in [-0.2, -0.15) is 5.10 Å². The summed E-state index contributed by atoms with van der Waals surface area (Å²) >= 11 is 0. The van der Waals surface area contributed by atoms with Gasteiger partial charge >= 0.3 is 5.69 Å². The number of nitro groups is 2. The largest absolute Gasteiger partial charge is 0.301 e. The van der Waals surface area contributed by atoms with Crippen molar-refractivity contribution in [2.45, 2.75) is 46.0 Å². The van der Waals surface area contributed by atoms with Crippen molar-refractivity contribution in [3.63, 3.8) is 0 Å². The zero-order valence-electron chi connectivity index (χ0n) is 18.2. The van der Waals surface area contributed by atoms with Crippen LogP contribution in [0.15, 0.2) is 47.6 Å². The van der Waals surface area contributed by atoms with Gasteiger partial charge in [-0.1, -0.05) is 31.2 Å². The maximum Gasteiger partial charge on any atom is 0.301 e. The highest BCUT2D eigenvalue weighted by Gasteiger charge is 2.27. The van der Waals surface area contributed by atoms with Crippen LogP contribution in [-0.4, -0.2) is 15.6 Å². The molecule has 32 heavy (non-hydrogen) atoms. The Morgan fingerprint density at radius 2 is 1.78 bits per heavy atom. The summed E-state index contributed by atoms with van der Waals surface area (Å²) in [5.41, 5.74) is 7.85. The van der Waals surface area contributed by atoms with Gasteiger partial charge in [-0.15, -0.1) is 0 Å². The molecule has 164 valence electrons. The fourth-order valence-corrected chi connectivity index (χ4v) is 4.59. The molecule has 0 spiro atoms. The van der Waals surface area contributed by atoms with Crippen LogP contribution in [0, 0.1) is 34.1 Å². The lowest BCUT2D eigenvalue weighted by molar-refractivity contribution is -0.393. The molecular weight excluding hydrogens is 408 g/mol. The first-order chi connectivity index (χ1) is 15.3. The summed E-state index contributed by atoms with van der Waals surface area (Å²) in [6.45, 7) is 6.43.